The number of halogens is 2. The summed E-state index contributed by atoms with van der Waals surface area (Å²) in [6.45, 7) is 6.34. The molecular weight excluding hydrogens is 417 g/mol. The summed E-state index contributed by atoms with van der Waals surface area (Å²) in [6, 6.07) is 6.34. The van der Waals surface area contributed by atoms with E-state index in [1.807, 2.05) is 17.1 Å². The summed E-state index contributed by atoms with van der Waals surface area (Å²) >= 11 is 5.90. The third-order valence-corrected chi connectivity index (χ3v) is 4.02. The van der Waals surface area contributed by atoms with Gasteiger partial charge in [0, 0.05) is 17.2 Å². The molecule has 3 nitrogen and oxygen atoms in total. The Bertz CT molecular complexity index is 551. The number of rotatable bonds is 5. The van der Waals surface area contributed by atoms with Crippen LogP contribution in [0.25, 0.3) is 5.69 Å². The van der Waals surface area contributed by atoms with Crippen LogP contribution in [0.3, 0.4) is 0 Å². The maximum Gasteiger partial charge on any atom is 0.0657 e. The number of nitrogens with zero attached hydrogens (tertiary/aromatic N) is 2. The summed E-state index contributed by atoms with van der Waals surface area (Å²) in [4.78, 5) is 0. The average molecular weight is 434 g/mol. The van der Waals surface area contributed by atoms with Gasteiger partial charge in [-0.1, -0.05) is 35.8 Å². The fraction of sp³-hybridized carbons (Fsp3) is 0.357. The van der Waals surface area contributed by atoms with Crippen LogP contribution < -0.4 is 5.32 Å². The fourth-order valence-electron chi connectivity index (χ4n) is 1.76. The highest BCUT2D eigenvalue weighted by Crippen LogP contribution is 2.21. The van der Waals surface area contributed by atoms with E-state index >= 15 is 0 Å². The highest BCUT2D eigenvalue weighted by atomic mass is 127. The van der Waals surface area contributed by atoms with E-state index in [-0.39, 0.29) is 0 Å². The number of aromatic nitrogens is 2. The van der Waals surface area contributed by atoms with E-state index in [2.05, 4.69) is 81.0 Å². The lowest BCUT2D eigenvalue weighted by molar-refractivity contribution is 0.552. The van der Waals surface area contributed by atoms with Gasteiger partial charge in [0.2, 0.25) is 0 Å². The van der Waals surface area contributed by atoms with Gasteiger partial charge in [0.05, 0.1) is 15.5 Å². The predicted molar refractivity (Wildman–Crippen MR) is 90.5 cm³/mol. The Balaban J connectivity index is 2.09. The topological polar surface area (TPSA) is 29.9 Å². The molecule has 0 radical (unpaired) electrons. The molecule has 0 aliphatic carbocycles. The van der Waals surface area contributed by atoms with E-state index in [0.29, 0.717) is 5.92 Å². The third-order valence-electron chi connectivity index (χ3n) is 2.72. The standard InChI is InChI=1S/C14H17BrIN3/c1-10(2)6-17-7-11-3-4-13(5-14(11)15)19-9-12(16)8-18-19/h3-5,8-10,17H,6-7H2,1-2H3. The first kappa shape index (κ1) is 15.0. The van der Waals surface area contributed by atoms with Crippen LogP contribution in [0, 0.1) is 9.49 Å². The molecule has 0 saturated carbocycles. The van der Waals surface area contributed by atoms with Crippen LogP contribution in [0.2, 0.25) is 0 Å². The second-order valence-corrected chi connectivity index (χ2v) is 7.00. The van der Waals surface area contributed by atoms with Gasteiger partial charge in [-0.15, -0.1) is 0 Å². The van der Waals surface area contributed by atoms with Crippen molar-refractivity contribution in [3.05, 3.63) is 44.2 Å². The van der Waals surface area contributed by atoms with Gasteiger partial charge in [-0.2, -0.15) is 5.10 Å². The molecule has 0 aliphatic heterocycles. The van der Waals surface area contributed by atoms with Gasteiger partial charge in [0.15, 0.2) is 0 Å². The highest BCUT2D eigenvalue weighted by Gasteiger charge is 2.04. The molecule has 1 aromatic heterocycles. The average Bonchev–Trinajstić information content (AvgIpc) is 2.77. The van der Waals surface area contributed by atoms with Crippen LogP contribution in [-0.2, 0) is 6.54 Å². The molecule has 0 amide bonds. The summed E-state index contributed by atoms with van der Waals surface area (Å²) < 4.78 is 4.14. The van der Waals surface area contributed by atoms with E-state index in [1.54, 1.807) is 0 Å². The van der Waals surface area contributed by atoms with Gasteiger partial charge in [-0.3, -0.25) is 0 Å². The molecule has 0 spiro atoms. The summed E-state index contributed by atoms with van der Waals surface area (Å²) in [5.41, 5.74) is 2.34. The van der Waals surface area contributed by atoms with Crippen LogP contribution in [0.5, 0.6) is 0 Å². The van der Waals surface area contributed by atoms with E-state index in [1.165, 1.54) is 5.56 Å². The Labute approximate surface area is 136 Å². The maximum atomic E-state index is 4.31. The maximum absolute atomic E-state index is 4.31. The number of nitrogens with one attached hydrogen (secondary N) is 1. The van der Waals surface area contributed by atoms with Crippen molar-refractivity contribution in [3.8, 4) is 5.69 Å². The highest BCUT2D eigenvalue weighted by molar-refractivity contribution is 14.1. The zero-order valence-electron chi connectivity index (χ0n) is 11.0. The number of hydrogen-bond acceptors (Lipinski definition) is 2. The lowest BCUT2D eigenvalue weighted by Gasteiger charge is -2.10. The first-order chi connectivity index (χ1) is 9.06. The Morgan fingerprint density at radius 3 is 2.79 bits per heavy atom. The third kappa shape index (κ3) is 4.29. The smallest absolute Gasteiger partial charge is 0.0657 e. The molecule has 1 N–H and O–H groups in total. The van der Waals surface area contributed by atoms with Crippen LogP contribution in [0.4, 0.5) is 0 Å². The first-order valence-corrected chi connectivity index (χ1v) is 8.13. The molecule has 2 aromatic rings. The zero-order chi connectivity index (χ0) is 13.8. The Morgan fingerprint density at radius 2 is 2.21 bits per heavy atom. The molecule has 0 bridgehead atoms. The van der Waals surface area contributed by atoms with Gasteiger partial charge in [0.25, 0.3) is 0 Å². The molecule has 0 unspecified atom stereocenters. The molecule has 19 heavy (non-hydrogen) atoms. The molecule has 0 aliphatic rings. The minimum absolute atomic E-state index is 0.671. The number of hydrogen-bond donors (Lipinski definition) is 1. The summed E-state index contributed by atoms with van der Waals surface area (Å²) in [5.74, 6) is 0.671. The van der Waals surface area contributed by atoms with Crippen molar-refractivity contribution in [2.75, 3.05) is 6.54 Å². The SMILES string of the molecule is CC(C)CNCc1ccc(-n2cc(I)cn2)cc1Br. The number of benzene rings is 1. The van der Waals surface area contributed by atoms with Crippen molar-refractivity contribution in [1.29, 1.82) is 0 Å². The molecule has 1 aromatic carbocycles. The summed E-state index contributed by atoms with van der Waals surface area (Å²) in [6.07, 6.45) is 3.87. The Hall–Kier alpha value is -0.400. The minimum Gasteiger partial charge on any atom is -0.312 e. The van der Waals surface area contributed by atoms with Gasteiger partial charge < -0.3 is 5.32 Å². The van der Waals surface area contributed by atoms with Crippen molar-refractivity contribution < 1.29 is 0 Å². The molecule has 0 fully saturated rings. The Kier molecular flexibility index (Phi) is 5.41. The van der Waals surface area contributed by atoms with Crippen LogP contribution >= 0.6 is 38.5 Å². The van der Waals surface area contributed by atoms with Crippen LogP contribution in [0.15, 0.2) is 35.1 Å². The van der Waals surface area contributed by atoms with Crippen LogP contribution in [0.1, 0.15) is 19.4 Å². The van der Waals surface area contributed by atoms with E-state index in [0.717, 1.165) is 26.8 Å². The molecule has 1 heterocycles. The Morgan fingerprint density at radius 1 is 1.42 bits per heavy atom. The molecule has 5 heteroatoms. The van der Waals surface area contributed by atoms with Gasteiger partial charge in [-0.05, 0) is 52.7 Å². The molecule has 102 valence electrons. The summed E-state index contributed by atoms with van der Waals surface area (Å²) in [5, 5.41) is 7.77. The van der Waals surface area contributed by atoms with Crippen molar-refractivity contribution >= 4 is 38.5 Å². The van der Waals surface area contributed by atoms with E-state index < -0.39 is 0 Å². The fourth-order valence-corrected chi connectivity index (χ4v) is 2.65. The molecule has 0 saturated heterocycles. The zero-order valence-corrected chi connectivity index (χ0v) is 14.8. The monoisotopic (exact) mass is 433 g/mol. The van der Waals surface area contributed by atoms with Crippen molar-refractivity contribution in [1.82, 2.24) is 15.1 Å². The molecule has 0 atom stereocenters. The lowest BCUT2D eigenvalue weighted by atomic mass is 10.2. The van der Waals surface area contributed by atoms with Crippen molar-refractivity contribution in [2.24, 2.45) is 5.92 Å². The molecular formula is C14H17BrIN3. The van der Waals surface area contributed by atoms with E-state index in [9.17, 15) is 0 Å². The normalized spacial score (nSPS) is 11.2. The largest absolute Gasteiger partial charge is 0.312 e. The first-order valence-electron chi connectivity index (χ1n) is 6.26. The van der Waals surface area contributed by atoms with Gasteiger partial charge in [-0.25, -0.2) is 4.68 Å². The van der Waals surface area contributed by atoms with Gasteiger partial charge >= 0.3 is 0 Å². The molecule has 2 rings (SSSR count). The van der Waals surface area contributed by atoms with E-state index in [4.69, 9.17) is 0 Å². The second-order valence-electron chi connectivity index (χ2n) is 4.90. The predicted octanol–water partition coefficient (Wildman–Crippen LogP) is 3.99. The van der Waals surface area contributed by atoms with Crippen molar-refractivity contribution in [3.63, 3.8) is 0 Å². The lowest BCUT2D eigenvalue weighted by Crippen LogP contribution is -2.19. The van der Waals surface area contributed by atoms with Crippen LogP contribution in [-0.4, -0.2) is 16.3 Å². The van der Waals surface area contributed by atoms with Gasteiger partial charge in [0.1, 0.15) is 0 Å². The minimum atomic E-state index is 0.671. The summed E-state index contributed by atoms with van der Waals surface area (Å²) in [7, 11) is 0. The second kappa shape index (κ2) is 6.85. The quantitative estimate of drug-likeness (QED) is 0.722. The van der Waals surface area contributed by atoms with Crippen molar-refractivity contribution in [2.45, 2.75) is 20.4 Å².